The predicted octanol–water partition coefficient (Wildman–Crippen LogP) is 1.61. The molecule has 0 aliphatic rings. The number of carbonyl (C=O) groups is 2. The Hall–Kier alpha value is -2.05. The number of carbonyl (C=O) groups excluding carboxylic acids is 1. The highest BCUT2D eigenvalue weighted by Gasteiger charge is 2.00. The molecule has 3 N–H and O–H groups in total. The van der Waals surface area contributed by atoms with Crippen LogP contribution in [0.4, 0.5) is 4.79 Å². The number of aromatic nitrogens is 2. The van der Waals surface area contributed by atoms with Crippen LogP contribution >= 0.6 is 0 Å². The number of nitrogens with zero attached hydrogens (tertiary/aromatic N) is 2. The van der Waals surface area contributed by atoms with E-state index in [0.29, 0.717) is 19.5 Å². The van der Waals surface area contributed by atoms with Gasteiger partial charge in [-0.25, -0.2) is 4.79 Å². The third-order valence-corrected chi connectivity index (χ3v) is 3.01. The smallest absolute Gasteiger partial charge is 0.314 e. The van der Waals surface area contributed by atoms with Gasteiger partial charge in [0, 0.05) is 38.4 Å². The van der Waals surface area contributed by atoms with Gasteiger partial charge < -0.3 is 15.7 Å². The Kier molecular flexibility index (Phi) is 8.67. The highest BCUT2D eigenvalue weighted by Crippen LogP contribution is 2.01. The van der Waals surface area contributed by atoms with Crippen molar-refractivity contribution in [2.24, 2.45) is 0 Å². The van der Waals surface area contributed by atoms with Crippen LogP contribution in [0.1, 0.15) is 38.5 Å². The van der Waals surface area contributed by atoms with E-state index >= 15 is 0 Å². The summed E-state index contributed by atoms with van der Waals surface area (Å²) < 4.78 is 1.83. The molecule has 0 aliphatic heterocycles. The SMILES string of the molecule is O=C(O)CCCCCCNC(=O)NCCCn1cccn1. The van der Waals surface area contributed by atoms with Gasteiger partial charge >= 0.3 is 12.0 Å². The van der Waals surface area contributed by atoms with Gasteiger partial charge in [-0.15, -0.1) is 0 Å². The second-order valence-corrected chi connectivity index (χ2v) is 4.86. The van der Waals surface area contributed by atoms with Crippen LogP contribution in [0.5, 0.6) is 0 Å². The fourth-order valence-corrected chi connectivity index (χ4v) is 1.89. The van der Waals surface area contributed by atoms with E-state index in [-0.39, 0.29) is 12.5 Å². The lowest BCUT2D eigenvalue weighted by Crippen LogP contribution is -2.36. The van der Waals surface area contributed by atoms with Crippen LogP contribution in [-0.4, -0.2) is 40.0 Å². The third kappa shape index (κ3) is 9.48. The van der Waals surface area contributed by atoms with E-state index in [1.165, 1.54) is 0 Å². The van der Waals surface area contributed by atoms with Crippen molar-refractivity contribution < 1.29 is 14.7 Å². The standard InChI is InChI=1S/C14H24N4O3/c19-13(20)7-3-1-2-4-8-15-14(21)16-9-5-11-18-12-6-10-17-18/h6,10,12H,1-5,7-9,11H2,(H,19,20)(H2,15,16,21). The van der Waals surface area contributed by atoms with Crippen molar-refractivity contribution in [2.75, 3.05) is 13.1 Å². The first kappa shape index (κ1) is 17.0. The molecule has 118 valence electrons. The number of aliphatic carboxylic acids is 1. The molecule has 0 atom stereocenters. The normalized spacial score (nSPS) is 10.3. The summed E-state index contributed by atoms with van der Waals surface area (Å²) >= 11 is 0. The minimum absolute atomic E-state index is 0.152. The van der Waals surface area contributed by atoms with E-state index in [1.807, 2.05) is 16.9 Å². The molecule has 1 rings (SSSR count). The van der Waals surface area contributed by atoms with Crippen molar-refractivity contribution in [3.05, 3.63) is 18.5 Å². The average Bonchev–Trinajstić information content (AvgIpc) is 2.95. The molecule has 0 unspecified atom stereocenters. The Morgan fingerprint density at radius 2 is 1.76 bits per heavy atom. The molecule has 1 aromatic rings. The molecule has 7 heteroatoms. The molecule has 0 fully saturated rings. The van der Waals surface area contributed by atoms with E-state index < -0.39 is 5.97 Å². The minimum Gasteiger partial charge on any atom is -0.481 e. The second-order valence-electron chi connectivity index (χ2n) is 4.86. The number of carboxylic acids is 1. The number of nitrogens with one attached hydrogen (secondary N) is 2. The van der Waals surface area contributed by atoms with E-state index in [2.05, 4.69) is 15.7 Å². The predicted molar refractivity (Wildman–Crippen MR) is 79.0 cm³/mol. The van der Waals surface area contributed by atoms with Gasteiger partial charge in [0.2, 0.25) is 0 Å². The maximum atomic E-state index is 11.5. The van der Waals surface area contributed by atoms with Crippen molar-refractivity contribution in [3.63, 3.8) is 0 Å². The first-order chi connectivity index (χ1) is 10.2. The summed E-state index contributed by atoms with van der Waals surface area (Å²) in [6, 6.07) is 1.72. The Morgan fingerprint density at radius 3 is 2.43 bits per heavy atom. The molecule has 7 nitrogen and oxygen atoms in total. The molecule has 1 heterocycles. The lowest BCUT2D eigenvalue weighted by atomic mass is 10.1. The summed E-state index contributed by atoms with van der Waals surface area (Å²) in [5.41, 5.74) is 0. The quantitative estimate of drug-likeness (QED) is 0.540. The molecular weight excluding hydrogens is 272 g/mol. The van der Waals surface area contributed by atoms with E-state index in [0.717, 1.165) is 32.2 Å². The van der Waals surface area contributed by atoms with Crippen LogP contribution in [0.15, 0.2) is 18.5 Å². The number of urea groups is 1. The lowest BCUT2D eigenvalue weighted by Gasteiger charge is -2.07. The summed E-state index contributed by atoms with van der Waals surface area (Å²) in [6.45, 7) is 2.03. The number of aryl methyl sites for hydroxylation is 1. The van der Waals surface area contributed by atoms with Gasteiger partial charge in [0.1, 0.15) is 0 Å². The highest BCUT2D eigenvalue weighted by atomic mass is 16.4. The van der Waals surface area contributed by atoms with Crippen LogP contribution < -0.4 is 10.6 Å². The van der Waals surface area contributed by atoms with Crippen molar-refractivity contribution >= 4 is 12.0 Å². The van der Waals surface area contributed by atoms with Crippen LogP contribution in [0, 0.1) is 0 Å². The Labute approximate surface area is 124 Å². The Balaban J connectivity index is 1.86. The van der Waals surface area contributed by atoms with Gasteiger partial charge in [0.05, 0.1) is 0 Å². The Bertz CT molecular complexity index is 406. The van der Waals surface area contributed by atoms with Crippen LogP contribution in [0.2, 0.25) is 0 Å². The molecule has 0 bridgehead atoms. The number of rotatable bonds is 11. The Morgan fingerprint density at radius 1 is 1.05 bits per heavy atom. The van der Waals surface area contributed by atoms with E-state index in [4.69, 9.17) is 5.11 Å². The zero-order valence-corrected chi connectivity index (χ0v) is 12.3. The molecule has 0 radical (unpaired) electrons. The van der Waals surface area contributed by atoms with Crippen molar-refractivity contribution in [1.82, 2.24) is 20.4 Å². The van der Waals surface area contributed by atoms with Crippen LogP contribution in [0.3, 0.4) is 0 Å². The first-order valence-corrected chi connectivity index (χ1v) is 7.39. The molecule has 2 amide bonds. The summed E-state index contributed by atoms with van der Waals surface area (Å²) in [4.78, 5) is 21.8. The van der Waals surface area contributed by atoms with Gasteiger partial charge in [-0.3, -0.25) is 9.48 Å². The molecule has 0 saturated heterocycles. The highest BCUT2D eigenvalue weighted by molar-refractivity contribution is 5.73. The summed E-state index contributed by atoms with van der Waals surface area (Å²) in [5.74, 6) is -0.748. The molecule has 21 heavy (non-hydrogen) atoms. The number of hydrogen-bond donors (Lipinski definition) is 3. The minimum atomic E-state index is -0.748. The first-order valence-electron chi connectivity index (χ1n) is 7.39. The van der Waals surface area contributed by atoms with Crippen molar-refractivity contribution in [3.8, 4) is 0 Å². The zero-order chi connectivity index (χ0) is 15.3. The topological polar surface area (TPSA) is 96.3 Å². The number of unbranched alkanes of at least 4 members (excludes halogenated alkanes) is 3. The molecular formula is C14H24N4O3. The molecule has 1 aromatic heterocycles. The van der Waals surface area contributed by atoms with Crippen molar-refractivity contribution in [1.29, 1.82) is 0 Å². The maximum absolute atomic E-state index is 11.5. The molecule has 0 saturated carbocycles. The fraction of sp³-hybridized carbons (Fsp3) is 0.643. The fourth-order valence-electron chi connectivity index (χ4n) is 1.89. The molecule has 0 aliphatic carbocycles. The summed E-state index contributed by atoms with van der Waals surface area (Å²) in [7, 11) is 0. The van der Waals surface area contributed by atoms with Gasteiger partial charge in [-0.1, -0.05) is 12.8 Å². The van der Waals surface area contributed by atoms with E-state index in [1.54, 1.807) is 6.20 Å². The van der Waals surface area contributed by atoms with E-state index in [9.17, 15) is 9.59 Å². The maximum Gasteiger partial charge on any atom is 0.314 e. The van der Waals surface area contributed by atoms with Crippen LogP contribution in [0.25, 0.3) is 0 Å². The van der Waals surface area contributed by atoms with Crippen LogP contribution in [-0.2, 0) is 11.3 Å². The summed E-state index contributed by atoms with van der Waals surface area (Å²) in [5, 5.41) is 18.1. The number of carboxylic acid groups (broad SMARTS) is 1. The molecule has 0 spiro atoms. The van der Waals surface area contributed by atoms with Gasteiger partial charge in [0.15, 0.2) is 0 Å². The van der Waals surface area contributed by atoms with Crippen molar-refractivity contribution in [2.45, 2.75) is 45.1 Å². The van der Waals surface area contributed by atoms with Gasteiger partial charge in [-0.05, 0) is 25.3 Å². The molecule has 0 aromatic carbocycles. The zero-order valence-electron chi connectivity index (χ0n) is 12.3. The number of hydrogen-bond acceptors (Lipinski definition) is 3. The second kappa shape index (κ2) is 10.7. The summed E-state index contributed by atoms with van der Waals surface area (Å²) in [6.07, 6.45) is 8.09. The largest absolute Gasteiger partial charge is 0.481 e. The monoisotopic (exact) mass is 296 g/mol. The number of amides is 2. The average molecular weight is 296 g/mol. The van der Waals surface area contributed by atoms with Gasteiger partial charge in [-0.2, -0.15) is 5.10 Å². The van der Waals surface area contributed by atoms with Gasteiger partial charge in [0.25, 0.3) is 0 Å². The lowest BCUT2D eigenvalue weighted by molar-refractivity contribution is -0.137. The third-order valence-electron chi connectivity index (χ3n) is 3.01.